The van der Waals surface area contributed by atoms with Crippen LogP contribution in [0.3, 0.4) is 0 Å². The first-order valence-electron chi connectivity index (χ1n) is 7.36. The van der Waals surface area contributed by atoms with E-state index >= 15 is 0 Å². The molecule has 1 aromatic heterocycles. The number of fused-ring (bicyclic) bond motifs is 1. The van der Waals surface area contributed by atoms with Crippen LogP contribution in [0, 0.1) is 0 Å². The van der Waals surface area contributed by atoms with Gasteiger partial charge in [0.25, 0.3) is 0 Å². The van der Waals surface area contributed by atoms with Crippen LogP contribution in [-0.4, -0.2) is 16.3 Å². The summed E-state index contributed by atoms with van der Waals surface area (Å²) in [6.45, 7) is 0.141. The monoisotopic (exact) mass is 377 g/mol. The molecule has 1 amide bonds. The van der Waals surface area contributed by atoms with Gasteiger partial charge in [-0.15, -0.1) is 0 Å². The molecule has 3 aromatic rings. The molecule has 0 unspecified atom stereocenters. The van der Waals surface area contributed by atoms with Gasteiger partial charge in [-0.05, 0) is 30.3 Å². The van der Waals surface area contributed by atoms with Gasteiger partial charge in [0.05, 0.1) is 5.52 Å². The highest BCUT2D eigenvalue weighted by molar-refractivity contribution is 6.35. The minimum absolute atomic E-state index is 0.00156. The van der Waals surface area contributed by atoms with Gasteiger partial charge < -0.3 is 10.2 Å². The van der Waals surface area contributed by atoms with E-state index in [9.17, 15) is 9.59 Å². The van der Waals surface area contributed by atoms with Gasteiger partial charge in [0.1, 0.15) is 5.84 Å². The van der Waals surface area contributed by atoms with Crippen molar-refractivity contribution in [2.24, 2.45) is 10.7 Å². The number of rotatable bonds is 4. The summed E-state index contributed by atoms with van der Waals surface area (Å²) in [6.07, 6.45) is -0.00156. The van der Waals surface area contributed by atoms with Crippen molar-refractivity contribution in [3.05, 3.63) is 68.6 Å². The smallest absolute Gasteiger partial charge is 0.408 e. The molecule has 128 valence electrons. The van der Waals surface area contributed by atoms with Gasteiger partial charge in [0.15, 0.2) is 5.58 Å². The van der Waals surface area contributed by atoms with Gasteiger partial charge in [-0.25, -0.2) is 4.79 Å². The van der Waals surface area contributed by atoms with Crippen LogP contribution < -0.4 is 11.5 Å². The second kappa shape index (κ2) is 7.13. The second-order valence-corrected chi connectivity index (χ2v) is 6.16. The maximum Gasteiger partial charge on any atom is 0.419 e. The summed E-state index contributed by atoms with van der Waals surface area (Å²) in [5.41, 5.74) is 7.38. The fraction of sp³-hybridized carbons (Fsp3) is 0.118. The number of benzene rings is 2. The summed E-state index contributed by atoms with van der Waals surface area (Å²) in [4.78, 5) is 27.8. The molecule has 2 aromatic carbocycles. The van der Waals surface area contributed by atoms with Crippen LogP contribution in [0.15, 0.2) is 56.7 Å². The molecule has 0 saturated heterocycles. The normalized spacial score (nSPS) is 11.8. The van der Waals surface area contributed by atoms with Gasteiger partial charge in [-0.3, -0.25) is 9.36 Å². The molecule has 0 aliphatic rings. The van der Waals surface area contributed by atoms with E-state index in [0.29, 0.717) is 26.7 Å². The van der Waals surface area contributed by atoms with Crippen molar-refractivity contribution in [3.63, 3.8) is 0 Å². The van der Waals surface area contributed by atoms with Crippen molar-refractivity contribution < 1.29 is 9.21 Å². The summed E-state index contributed by atoms with van der Waals surface area (Å²) < 4.78 is 6.50. The molecule has 0 spiro atoms. The molecule has 0 fully saturated rings. The van der Waals surface area contributed by atoms with E-state index in [4.69, 9.17) is 33.4 Å². The number of carbonyl (C=O) groups is 1. The number of aliphatic imine (C=N–C) groups is 1. The van der Waals surface area contributed by atoms with E-state index in [1.807, 2.05) is 0 Å². The molecule has 2 N–H and O–H groups in total. The van der Waals surface area contributed by atoms with Crippen LogP contribution in [0.2, 0.25) is 10.0 Å². The van der Waals surface area contributed by atoms with Crippen LogP contribution in [0.4, 0.5) is 0 Å². The summed E-state index contributed by atoms with van der Waals surface area (Å²) >= 11 is 11.8. The van der Waals surface area contributed by atoms with Crippen LogP contribution in [0.5, 0.6) is 0 Å². The molecule has 0 aliphatic carbocycles. The third kappa shape index (κ3) is 3.92. The Balaban J connectivity index is 1.76. The van der Waals surface area contributed by atoms with Gasteiger partial charge in [0.2, 0.25) is 5.91 Å². The zero-order valence-electron chi connectivity index (χ0n) is 12.9. The van der Waals surface area contributed by atoms with Crippen LogP contribution in [0.25, 0.3) is 11.1 Å². The molecule has 0 atom stereocenters. The number of nitrogens with two attached hydrogens (primary N) is 1. The first-order valence-corrected chi connectivity index (χ1v) is 8.11. The number of hydrogen-bond acceptors (Lipinski definition) is 3. The van der Waals surface area contributed by atoms with Gasteiger partial charge in [-0.1, -0.05) is 35.3 Å². The second-order valence-electron chi connectivity index (χ2n) is 5.29. The number of amidine groups is 1. The van der Waals surface area contributed by atoms with E-state index in [1.165, 1.54) is 4.57 Å². The minimum Gasteiger partial charge on any atom is -0.408 e. The van der Waals surface area contributed by atoms with Crippen molar-refractivity contribution in [2.45, 2.75) is 13.0 Å². The lowest BCUT2D eigenvalue weighted by atomic mass is 10.2. The highest BCUT2D eigenvalue weighted by Gasteiger charge is 2.11. The van der Waals surface area contributed by atoms with Crippen molar-refractivity contribution in [3.8, 4) is 0 Å². The molecule has 8 heteroatoms. The Morgan fingerprint density at radius 3 is 2.56 bits per heavy atom. The number of para-hydroxylation sites is 2. The van der Waals surface area contributed by atoms with Crippen molar-refractivity contribution in [1.82, 2.24) is 4.57 Å². The maximum atomic E-state index is 12.1. The molecule has 3 rings (SSSR count). The number of carbonyl (C=O) groups excluding carboxylic acids is 1. The largest absolute Gasteiger partial charge is 0.419 e. The molecule has 0 aliphatic heterocycles. The highest BCUT2D eigenvalue weighted by atomic mass is 35.5. The number of aryl methyl sites for hydroxylation is 1. The highest BCUT2D eigenvalue weighted by Crippen LogP contribution is 2.19. The molecular formula is C17H13Cl2N3O3. The average molecular weight is 378 g/mol. The van der Waals surface area contributed by atoms with Crippen molar-refractivity contribution in [1.29, 1.82) is 0 Å². The summed E-state index contributed by atoms with van der Waals surface area (Å²) in [6, 6.07) is 11.7. The van der Waals surface area contributed by atoms with Crippen molar-refractivity contribution >= 4 is 46.0 Å². The molecule has 0 bridgehead atoms. The molecule has 1 heterocycles. The van der Waals surface area contributed by atoms with Gasteiger partial charge >= 0.3 is 5.76 Å². The topological polar surface area (TPSA) is 90.6 Å². The fourth-order valence-electron chi connectivity index (χ4n) is 2.39. The zero-order chi connectivity index (χ0) is 18.0. The minimum atomic E-state index is -0.521. The van der Waals surface area contributed by atoms with Crippen LogP contribution in [-0.2, 0) is 11.3 Å². The summed E-state index contributed by atoms with van der Waals surface area (Å²) in [5.74, 6) is -0.975. The Kier molecular flexibility index (Phi) is 4.92. The number of aromatic nitrogens is 1. The van der Waals surface area contributed by atoms with Crippen LogP contribution in [0.1, 0.15) is 12.0 Å². The Hall–Kier alpha value is -2.57. The first kappa shape index (κ1) is 17.3. The quantitative estimate of drug-likeness (QED) is 0.558. The number of amides is 1. The third-order valence-electron chi connectivity index (χ3n) is 3.53. The summed E-state index contributed by atoms with van der Waals surface area (Å²) in [7, 11) is 0. The molecule has 6 nitrogen and oxygen atoms in total. The van der Waals surface area contributed by atoms with E-state index in [0.717, 1.165) is 0 Å². The molecular weight excluding hydrogens is 365 g/mol. The fourth-order valence-corrected chi connectivity index (χ4v) is 2.92. The molecule has 0 saturated carbocycles. The van der Waals surface area contributed by atoms with Crippen molar-refractivity contribution in [2.75, 3.05) is 0 Å². The summed E-state index contributed by atoms with van der Waals surface area (Å²) in [5, 5.41) is 0.786. The predicted molar refractivity (Wildman–Crippen MR) is 97.3 cm³/mol. The Morgan fingerprint density at radius 1 is 1.16 bits per heavy atom. The zero-order valence-corrected chi connectivity index (χ0v) is 14.4. The first-order chi connectivity index (χ1) is 11.9. The number of halogens is 2. The Bertz CT molecular complexity index is 1020. The number of oxazole rings is 1. The Labute approximate surface area is 152 Å². The van der Waals surface area contributed by atoms with Gasteiger partial charge in [0, 0.05) is 28.6 Å². The van der Waals surface area contributed by atoms with E-state index in [1.54, 1.807) is 42.5 Å². The lowest BCUT2D eigenvalue weighted by molar-refractivity contribution is -0.118. The standard InChI is InChI=1S/C17H13Cl2N3O3/c18-11-7-10(8-12(19)9-11)16(20)21-15(23)5-6-22-13-3-1-2-4-14(13)25-17(22)24/h1-4,7-9H,5-6H2,(H2,20,21,23). The maximum absolute atomic E-state index is 12.1. The van der Waals surface area contributed by atoms with Gasteiger partial charge in [-0.2, -0.15) is 4.99 Å². The van der Waals surface area contributed by atoms with E-state index < -0.39 is 11.7 Å². The average Bonchev–Trinajstić information content (AvgIpc) is 2.87. The molecule has 25 heavy (non-hydrogen) atoms. The van der Waals surface area contributed by atoms with E-state index in [-0.39, 0.29) is 18.8 Å². The SMILES string of the molecule is NC(=NC(=O)CCn1c(=O)oc2ccccc21)c1cc(Cl)cc(Cl)c1. The lowest BCUT2D eigenvalue weighted by Crippen LogP contribution is -2.19. The number of hydrogen-bond donors (Lipinski definition) is 1. The van der Waals surface area contributed by atoms with E-state index in [2.05, 4.69) is 4.99 Å². The lowest BCUT2D eigenvalue weighted by Gasteiger charge is -2.03. The third-order valence-corrected chi connectivity index (χ3v) is 3.96. The van der Waals surface area contributed by atoms with Crippen LogP contribution >= 0.6 is 23.2 Å². The molecule has 0 radical (unpaired) electrons. The number of nitrogens with zero attached hydrogens (tertiary/aromatic N) is 2. The predicted octanol–water partition coefficient (Wildman–Crippen LogP) is 3.22. The Morgan fingerprint density at radius 2 is 1.84 bits per heavy atom.